The highest BCUT2D eigenvalue weighted by atomic mass is 32.2. The van der Waals surface area contributed by atoms with Gasteiger partial charge in [-0.3, -0.25) is 14.9 Å². The number of nitrogens with zero attached hydrogens (tertiary/aromatic N) is 4. The van der Waals surface area contributed by atoms with E-state index in [9.17, 15) is 19.3 Å². The van der Waals surface area contributed by atoms with Gasteiger partial charge >= 0.3 is 5.69 Å². The second-order valence-electron chi connectivity index (χ2n) is 6.09. The highest BCUT2D eigenvalue weighted by Gasteiger charge is 2.22. The van der Waals surface area contributed by atoms with Crippen molar-refractivity contribution in [2.75, 3.05) is 5.32 Å². The van der Waals surface area contributed by atoms with Gasteiger partial charge in [-0.25, -0.2) is 0 Å². The van der Waals surface area contributed by atoms with E-state index >= 15 is 0 Å². The largest absolute Gasteiger partial charge is 0.325 e. The minimum atomic E-state index is -0.958. The minimum Gasteiger partial charge on any atom is -0.325 e. The van der Waals surface area contributed by atoms with E-state index in [0.717, 1.165) is 17.7 Å². The summed E-state index contributed by atoms with van der Waals surface area (Å²) < 4.78 is 15.4. The monoisotopic (exact) mass is 415 g/mol. The Bertz CT molecular complexity index is 1040. The van der Waals surface area contributed by atoms with Crippen LogP contribution in [0, 0.1) is 15.9 Å². The average Bonchev–Trinajstić information content (AvgIpc) is 3.12. The van der Waals surface area contributed by atoms with Gasteiger partial charge < -0.3 is 9.88 Å². The Labute approximate surface area is 170 Å². The quantitative estimate of drug-likeness (QED) is 0.354. The van der Waals surface area contributed by atoms with Crippen molar-refractivity contribution in [3.8, 4) is 11.4 Å². The van der Waals surface area contributed by atoms with Gasteiger partial charge in [0, 0.05) is 23.9 Å². The zero-order valence-corrected chi connectivity index (χ0v) is 16.5. The molecule has 0 unspecified atom stereocenters. The molecule has 0 bridgehead atoms. The van der Waals surface area contributed by atoms with Gasteiger partial charge in [0.15, 0.2) is 11.0 Å². The summed E-state index contributed by atoms with van der Waals surface area (Å²) in [6, 6.07) is 12.8. The molecule has 0 radical (unpaired) electrons. The molecule has 3 rings (SSSR count). The van der Waals surface area contributed by atoms with Gasteiger partial charge in [-0.05, 0) is 26.0 Å². The number of amides is 1. The summed E-state index contributed by atoms with van der Waals surface area (Å²) in [7, 11) is 0. The van der Waals surface area contributed by atoms with Crippen LogP contribution in [-0.4, -0.2) is 30.8 Å². The van der Waals surface area contributed by atoms with Crippen molar-refractivity contribution in [3.63, 3.8) is 0 Å². The van der Waals surface area contributed by atoms with Gasteiger partial charge in [-0.2, -0.15) is 4.39 Å². The van der Waals surface area contributed by atoms with Crippen LogP contribution in [-0.2, 0) is 11.3 Å². The van der Waals surface area contributed by atoms with Gasteiger partial charge in [-0.15, -0.1) is 10.2 Å². The van der Waals surface area contributed by atoms with E-state index < -0.39 is 21.7 Å². The predicted molar refractivity (Wildman–Crippen MR) is 108 cm³/mol. The maximum absolute atomic E-state index is 13.5. The van der Waals surface area contributed by atoms with Gasteiger partial charge in [0.1, 0.15) is 0 Å². The minimum absolute atomic E-state index is 0.150. The fraction of sp³-hybridized carbons (Fsp3) is 0.211. The third-order valence-corrected chi connectivity index (χ3v) is 5.21. The summed E-state index contributed by atoms with van der Waals surface area (Å²) in [4.78, 5) is 22.5. The normalized spacial score (nSPS) is 11.8. The predicted octanol–water partition coefficient (Wildman–Crippen LogP) is 4.13. The Kier molecular flexibility index (Phi) is 6.23. The second kappa shape index (κ2) is 8.82. The second-order valence-corrected chi connectivity index (χ2v) is 7.40. The number of nitro benzene ring substituents is 1. The SMILES string of the molecule is CCn1c(S[C@@H](C)C(=O)Nc2ccc(F)c([N+](=O)[O-])c2)nnc1-c1ccccc1. The van der Waals surface area contributed by atoms with Crippen molar-refractivity contribution in [2.45, 2.75) is 30.8 Å². The number of aromatic nitrogens is 3. The number of benzene rings is 2. The lowest BCUT2D eigenvalue weighted by Gasteiger charge is -2.13. The topological polar surface area (TPSA) is 103 Å². The molecular formula is C19H18FN5O3S. The molecule has 1 heterocycles. The van der Waals surface area contributed by atoms with Crippen LogP contribution in [0.1, 0.15) is 13.8 Å². The first-order valence-corrected chi connectivity index (χ1v) is 9.68. The van der Waals surface area contributed by atoms with Crippen molar-refractivity contribution >= 4 is 29.0 Å². The van der Waals surface area contributed by atoms with Crippen LogP contribution in [0.3, 0.4) is 0 Å². The standard InChI is InChI=1S/C19H18FN5O3S/c1-3-24-17(13-7-5-4-6-8-13)22-23-19(24)29-12(2)18(26)21-14-9-10-15(20)16(11-14)25(27)28/h4-12H,3H2,1-2H3,(H,21,26)/t12-/m0/s1. The van der Waals surface area contributed by atoms with Crippen LogP contribution in [0.15, 0.2) is 53.7 Å². The summed E-state index contributed by atoms with van der Waals surface area (Å²) in [5.41, 5.74) is 0.378. The zero-order valence-electron chi connectivity index (χ0n) is 15.7. The van der Waals surface area contributed by atoms with E-state index in [4.69, 9.17) is 0 Å². The smallest absolute Gasteiger partial charge is 0.306 e. The van der Waals surface area contributed by atoms with Crippen molar-refractivity contribution < 1.29 is 14.1 Å². The Balaban J connectivity index is 1.74. The summed E-state index contributed by atoms with van der Waals surface area (Å²) in [5.74, 6) is -0.639. The van der Waals surface area contributed by atoms with E-state index in [1.807, 2.05) is 41.8 Å². The van der Waals surface area contributed by atoms with Crippen LogP contribution in [0.2, 0.25) is 0 Å². The number of nitro groups is 1. The van der Waals surface area contributed by atoms with E-state index in [2.05, 4.69) is 15.5 Å². The molecular weight excluding hydrogens is 397 g/mol. The van der Waals surface area contributed by atoms with E-state index in [1.54, 1.807) is 6.92 Å². The van der Waals surface area contributed by atoms with E-state index in [1.165, 1.54) is 17.8 Å². The van der Waals surface area contributed by atoms with Gasteiger partial charge in [0.05, 0.1) is 10.2 Å². The molecule has 0 aliphatic heterocycles. The van der Waals surface area contributed by atoms with Gasteiger partial charge in [0.25, 0.3) is 0 Å². The first-order valence-electron chi connectivity index (χ1n) is 8.80. The van der Waals surface area contributed by atoms with Crippen LogP contribution < -0.4 is 5.32 Å². The summed E-state index contributed by atoms with van der Waals surface area (Å²) in [6.45, 7) is 4.27. The van der Waals surface area contributed by atoms with Crippen LogP contribution in [0.25, 0.3) is 11.4 Å². The van der Waals surface area contributed by atoms with Gasteiger partial charge in [0.2, 0.25) is 11.7 Å². The van der Waals surface area contributed by atoms with Crippen LogP contribution >= 0.6 is 11.8 Å². The molecule has 0 aliphatic carbocycles. The summed E-state index contributed by atoms with van der Waals surface area (Å²) in [6.07, 6.45) is 0. The number of halogens is 1. The Hall–Kier alpha value is -3.27. The molecule has 1 amide bonds. The number of anilines is 1. The first-order chi connectivity index (χ1) is 13.9. The lowest BCUT2D eigenvalue weighted by atomic mass is 10.2. The van der Waals surface area contributed by atoms with E-state index in [0.29, 0.717) is 17.5 Å². The van der Waals surface area contributed by atoms with E-state index in [-0.39, 0.29) is 11.6 Å². The number of hydrogen-bond donors (Lipinski definition) is 1. The lowest BCUT2D eigenvalue weighted by Crippen LogP contribution is -2.23. The van der Waals surface area contributed by atoms with Crippen LogP contribution in [0.5, 0.6) is 0 Å². The molecule has 0 saturated carbocycles. The molecule has 8 nitrogen and oxygen atoms in total. The van der Waals surface area contributed by atoms with Crippen molar-refractivity contribution in [3.05, 3.63) is 64.5 Å². The number of nitrogens with one attached hydrogen (secondary N) is 1. The number of carbonyl (C=O) groups excluding carboxylic acids is 1. The maximum atomic E-state index is 13.5. The maximum Gasteiger partial charge on any atom is 0.306 e. The number of hydrogen-bond acceptors (Lipinski definition) is 6. The molecule has 3 aromatic rings. The molecule has 1 N–H and O–H groups in total. The zero-order chi connectivity index (χ0) is 21.0. The number of rotatable bonds is 7. The number of thioether (sulfide) groups is 1. The third kappa shape index (κ3) is 4.60. The molecule has 2 aromatic carbocycles. The average molecular weight is 415 g/mol. The third-order valence-electron chi connectivity index (χ3n) is 4.13. The summed E-state index contributed by atoms with van der Waals surface area (Å²) in [5, 5.41) is 21.9. The molecule has 150 valence electrons. The molecule has 29 heavy (non-hydrogen) atoms. The van der Waals surface area contributed by atoms with Crippen molar-refractivity contribution in [1.29, 1.82) is 0 Å². The van der Waals surface area contributed by atoms with Crippen molar-refractivity contribution in [1.82, 2.24) is 14.8 Å². The molecule has 1 atom stereocenters. The molecule has 0 aliphatic rings. The van der Waals surface area contributed by atoms with Crippen molar-refractivity contribution in [2.24, 2.45) is 0 Å². The lowest BCUT2D eigenvalue weighted by molar-refractivity contribution is -0.387. The first kappa shape index (κ1) is 20.5. The Morgan fingerprint density at radius 2 is 2.00 bits per heavy atom. The molecule has 10 heteroatoms. The fourth-order valence-corrected chi connectivity index (χ4v) is 3.56. The molecule has 0 fully saturated rings. The Morgan fingerprint density at radius 3 is 2.66 bits per heavy atom. The molecule has 0 spiro atoms. The highest BCUT2D eigenvalue weighted by molar-refractivity contribution is 8.00. The number of carbonyl (C=O) groups is 1. The Morgan fingerprint density at radius 1 is 1.28 bits per heavy atom. The van der Waals surface area contributed by atoms with Gasteiger partial charge in [-0.1, -0.05) is 42.1 Å². The highest BCUT2D eigenvalue weighted by Crippen LogP contribution is 2.28. The molecule has 1 aromatic heterocycles. The fourth-order valence-electron chi connectivity index (χ4n) is 2.65. The van der Waals surface area contributed by atoms with Crippen LogP contribution in [0.4, 0.5) is 15.8 Å². The summed E-state index contributed by atoms with van der Waals surface area (Å²) >= 11 is 1.22. The molecule has 0 saturated heterocycles.